The molecule has 4 unspecified atom stereocenters. The van der Waals surface area contributed by atoms with E-state index >= 15 is 0 Å². The van der Waals surface area contributed by atoms with Gasteiger partial charge in [0.2, 0.25) is 0 Å². The van der Waals surface area contributed by atoms with Crippen molar-refractivity contribution in [2.75, 3.05) is 13.1 Å². The summed E-state index contributed by atoms with van der Waals surface area (Å²) in [4.78, 5) is 2.47. The zero-order valence-electron chi connectivity index (χ0n) is 9.73. The maximum absolute atomic E-state index is 9.98. The van der Waals surface area contributed by atoms with E-state index in [1.54, 1.807) is 0 Å². The van der Waals surface area contributed by atoms with Crippen LogP contribution in [0.25, 0.3) is 0 Å². The van der Waals surface area contributed by atoms with Crippen molar-refractivity contribution in [1.29, 1.82) is 0 Å². The van der Waals surface area contributed by atoms with Gasteiger partial charge in [0.05, 0.1) is 6.10 Å². The first-order valence-corrected chi connectivity index (χ1v) is 6.36. The summed E-state index contributed by atoms with van der Waals surface area (Å²) in [7, 11) is 0. The van der Waals surface area contributed by atoms with Gasteiger partial charge in [-0.15, -0.1) is 0 Å². The lowest BCUT2D eigenvalue weighted by Gasteiger charge is -2.35. The van der Waals surface area contributed by atoms with Crippen molar-refractivity contribution in [3.63, 3.8) is 0 Å². The molecule has 1 saturated heterocycles. The van der Waals surface area contributed by atoms with Gasteiger partial charge in [0.15, 0.2) is 0 Å². The normalized spacial score (nSPS) is 40.6. The lowest BCUT2D eigenvalue weighted by atomic mass is 9.91. The average Bonchev–Trinajstić information content (AvgIpc) is 2.67. The number of hydrogen-bond acceptors (Lipinski definition) is 3. The summed E-state index contributed by atoms with van der Waals surface area (Å²) in [6.07, 6.45) is 5.76. The van der Waals surface area contributed by atoms with Crippen LogP contribution < -0.4 is 5.73 Å². The molecule has 4 atom stereocenters. The minimum absolute atomic E-state index is 0.0921. The van der Waals surface area contributed by atoms with Crippen molar-refractivity contribution in [2.45, 2.75) is 57.2 Å². The molecule has 1 saturated carbocycles. The molecule has 0 aromatic carbocycles. The van der Waals surface area contributed by atoms with Crippen LogP contribution in [0, 0.1) is 5.92 Å². The van der Waals surface area contributed by atoms with E-state index in [0.717, 1.165) is 19.5 Å². The molecule has 0 radical (unpaired) electrons. The van der Waals surface area contributed by atoms with Crippen LogP contribution in [-0.4, -0.2) is 41.3 Å². The highest BCUT2D eigenvalue weighted by Crippen LogP contribution is 2.28. The second-order valence-electron chi connectivity index (χ2n) is 5.32. The average molecular weight is 212 g/mol. The summed E-state index contributed by atoms with van der Waals surface area (Å²) >= 11 is 0. The standard InChI is InChI=1S/C12H24N2O/c1-9(13)10-6-7-14(8-10)11-4-2-3-5-12(11)15/h9-12,15H,2-8,13H2,1H3. The maximum atomic E-state index is 9.98. The Balaban J connectivity index is 1.89. The van der Waals surface area contributed by atoms with E-state index in [0.29, 0.717) is 18.0 Å². The minimum atomic E-state index is -0.0921. The first-order chi connectivity index (χ1) is 7.18. The number of aliphatic hydroxyl groups is 1. The van der Waals surface area contributed by atoms with Crippen LogP contribution in [0.15, 0.2) is 0 Å². The third kappa shape index (κ3) is 2.52. The van der Waals surface area contributed by atoms with Crippen LogP contribution >= 0.6 is 0 Å². The first-order valence-electron chi connectivity index (χ1n) is 6.36. The van der Waals surface area contributed by atoms with E-state index < -0.39 is 0 Å². The van der Waals surface area contributed by atoms with Gasteiger partial charge in [0, 0.05) is 18.6 Å². The fourth-order valence-electron chi connectivity index (χ4n) is 3.06. The number of hydrogen-bond donors (Lipinski definition) is 2. The predicted octanol–water partition coefficient (Wildman–Crippen LogP) is 0.959. The zero-order chi connectivity index (χ0) is 10.8. The molecule has 3 heteroatoms. The molecule has 1 aliphatic heterocycles. The zero-order valence-corrected chi connectivity index (χ0v) is 9.73. The van der Waals surface area contributed by atoms with Gasteiger partial charge in [-0.05, 0) is 38.6 Å². The molecule has 0 aromatic rings. The Bertz CT molecular complexity index is 208. The van der Waals surface area contributed by atoms with E-state index in [9.17, 15) is 5.11 Å². The Morgan fingerprint density at radius 2 is 2.00 bits per heavy atom. The number of nitrogens with two attached hydrogens (primary N) is 1. The summed E-state index contributed by atoms with van der Waals surface area (Å²) in [6.45, 7) is 4.33. The van der Waals surface area contributed by atoms with Crippen LogP contribution in [0.2, 0.25) is 0 Å². The molecule has 2 rings (SSSR count). The van der Waals surface area contributed by atoms with E-state index in [1.807, 2.05) is 0 Å². The topological polar surface area (TPSA) is 49.5 Å². The SMILES string of the molecule is CC(N)C1CCN(C2CCCCC2O)C1. The molecule has 1 aliphatic carbocycles. The van der Waals surface area contributed by atoms with Crippen molar-refractivity contribution in [1.82, 2.24) is 4.90 Å². The summed E-state index contributed by atoms with van der Waals surface area (Å²) in [5, 5.41) is 9.98. The molecule has 3 nitrogen and oxygen atoms in total. The largest absolute Gasteiger partial charge is 0.391 e. The summed E-state index contributed by atoms with van der Waals surface area (Å²) in [6, 6.07) is 0.721. The van der Waals surface area contributed by atoms with Gasteiger partial charge in [0.25, 0.3) is 0 Å². The van der Waals surface area contributed by atoms with Crippen molar-refractivity contribution in [3.05, 3.63) is 0 Å². The minimum Gasteiger partial charge on any atom is -0.391 e. The lowest BCUT2D eigenvalue weighted by molar-refractivity contribution is 0.0291. The number of aliphatic hydroxyl groups excluding tert-OH is 1. The predicted molar refractivity (Wildman–Crippen MR) is 61.6 cm³/mol. The third-order valence-electron chi connectivity index (χ3n) is 4.16. The second kappa shape index (κ2) is 4.81. The first kappa shape index (κ1) is 11.4. The molecule has 1 heterocycles. The Hall–Kier alpha value is -0.120. The van der Waals surface area contributed by atoms with E-state index in [2.05, 4.69) is 11.8 Å². The Labute approximate surface area is 92.6 Å². The van der Waals surface area contributed by atoms with Gasteiger partial charge < -0.3 is 10.8 Å². The van der Waals surface area contributed by atoms with E-state index in [1.165, 1.54) is 25.7 Å². The van der Waals surface area contributed by atoms with Crippen LogP contribution in [0.5, 0.6) is 0 Å². The molecule has 15 heavy (non-hydrogen) atoms. The molecule has 0 bridgehead atoms. The summed E-state index contributed by atoms with van der Waals surface area (Å²) in [5.74, 6) is 0.638. The fourth-order valence-corrected chi connectivity index (χ4v) is 3.06. The second-order valence-corrected chi connectivity index (χ2v) is 5.32. The van der Waals surface area contributed by atoms with Gasteiger partial charge >= 0.3 is 0 Å². The molecular weight excluding hydrogens is 188 g/mol. The number of nitrogens with zero attached hydrogens (tertiary/aromatic N) is 1. The Kier molecular flexibility index (Phi) is 3.65. The van der Waals surface area contributed by atoms with Gasteiger partial charge in [0.1, 0.15) is 0 Å². The van der Waals surface area contributed by atoms with Gasteiger partial charge in [-0.3, -0.25) is 4.90 Å². The maximum Gasteiger partial charge on any atom is 0.0695 e. The monoisotopic (exact) mass is 212 g/mol. The molecule has 0 spiro atoms. The van der Waals surface area contributed by atoms with Crippen LogP contribution in [-0.2, 0) is 0 Å². The fraction of sp³-hybridized carbons (Fsp3) is 1.00. The van der Waals surface area contributed by atoms with E-state index in [4.69, 9.17) is 5.73 Å². The van der Waals surface area contributed by atoms with Gasteiger partial charge in [-0.25, -0.2) is 0 Å². The molecule has 2 fully saturated rings. The highest BCUT2D eigenvalue weighted by Gasteiger charge is 2.34. The quantitative estimate of drug-likeness (QED) is 0.717. The Morgan fingerprint density at radius 1 is 1.27 bits per heavy atom. The number of rotatable bonds is 2. The summed E-state index contributed by atoms with van der Waals surface area (Å²) in [5.41, 5.74) is 5.93. The molecule has 2 aliphatic rings. The van der Waals surface area contributed by atoms with Crippen LogP contribution in [0.4, 0.5) is 0 Å². The van der Waals surface area contributed by atoms with Crippen molar-refractivity contribution < 1.29 is 5.11 Å². The summed E-state index contributed by atoms with van der Waals surface area (Å²) < 4.78 is 0. The molecular formula is C12H24N2O. The molecule has 3 N–H and O–H groups in total. The molecule has 0 aromatic heterocycles. The third-order valence-corrected chi connectivity index (χ3v) is 4.16. The van der Waals surface area contributed by atoms with Crippen molar-refractivity contribution >= 4 is 0 Å². The van der Waals surface area contributed by atoms with Gasteiger partial charge in [-0.1, -0.05) is 12.8 Å². The van der Waals surface area contributed by atoms with Crippen LogP contribution in [0.3, 0.4) is 0 Å². The molecule has 88 valence electrons. The van der Waals surface area contributed by atoms with Crippen molar-refractivity contribution in [3.8, 4) is 0 Å². The highest BCUT2D eigenvalue weighted by molar-refractivity contribution is 4.89. The highest BCUT2D eigenvalue weighted by atomic mass is 16.3. The lowest BCUT2D eigenvalue weighted by Crippen LogP contribution is -2.45. The van der Waals surface area contributed by atoms with E-state index in [-0.39, 0.29) is 6.10 Å². The smallest absolute Gasteiger partial charge is 0.0695 e. The Morgan fingerprint density at radius 3 is 2.60 bits per heavy atom. The van der Waals surface area contributed by atoms with Gasteiger partial charge in [-0.2, -0.15) is 0 Å². The number of likely N-dealkylation sites (tertiary alicyclic amines) is 1. The molecule has 0 amide bonds. The van der Waals surface area contributed by atoms with Crippen molar-refractivity contribution in [2.24, 2.45) is 11.7 Å². The van der Waals surface area contributed by atoms with Crippen LogP contribution in [0.1, 0.15) is 39.0 Å².